The molecule has 4 heteroatoms. The van der Waals surface area contributed by atoms with Gasteiger partial charge in [-0.05, 0) is 18.2 Å². The molecule has 14 heavy (non-hydrogen) atoms. The van der Waals surface area contributed by atoms with Gasteiger partial charge in [-0.3, -0.25) is 9.59 Å². The predicted molar refractivity (Wildman–Crippen MR) is 57.7 cm³/mol. The summed E-state index contributed by atoms with van der Waals surface area (Å²) in [6.07, 6.45) is 0.727. The Morgan fingerprint density at radius 3 is 2.71 bits per heavy atom. The molecule has 2 rings (SSSR count). The van der Waals surface area contributed by atoms with Gasteiger partial charge in [0.05, 0.1) is 5.52 Å². The summed E-state index contributed by atoms with van der Waals surface area (Å²) in [4.78, 5) is 24.4. The number of hydrogen-bond acceptors (Lipinski definition) is 2. The first-order chi connectivity index (χ1) is 6.72. The Labute approximate surface area is 87.9 Å². The van der Waals surface area contributed by atoms with E-state index in [2.05, 4.69) is 20.9 Å². The number of benzene rings is 1. The van der Waals surface area contributed by atoms with Crippen LogP contribution in [0.4, 0.5) is 0 Å². The van der Waals surface area contributed by atoms with E-state index in [9.17, 15) is 9.59 Å². The molecule has 1 heterocycles. The summed E-state index contributed by atoms with van der Waals surface area (Å²) in [5.41, 5.74) is 0.849. The number of aromatic amines is 1. The van der Waals surface area contributed by atoms with Gasteiger partial charge in [0.25, 0.3) is 0 Å². The predicted octanol–water partition coefficient (Wildman–Crippen LogP) is 2.10. The Hall–Kier alpha value is -1.42. The fourth-order valence-electron chi connectivity index (χ4n) is 1.34. The van der Waals surface area contributed by atoms with E-state index in [1.807, 2.05) is 0 Å². The highest BCUT2D eigenvalue weighted by molar-refractivity contribution is 9.10. The first kappa shape index (κ1) is 9.15. The van der Waals surface area contributed by atoms with Crippen LogP contribution in [0.2, 0.25) is 0 Å². The van der Waals surface area contributed by atoms with Crippen LogP contribution in [0.5, 0.6) is 0 Å². The molecule has 70 valence electrons. The van der Waals surface area contributed by atoms with Crippen molar-refractivity contribution in [1.82, 2.24) is 4.98 Å². The van der Waals surface area contributed by atoms with E-state index in [-0.39, 0.29) is 5.56 Å². The summed E-state index contributed by atoms with van der Waals surface area (Å²) in [5, 5.41) is 0.828. The van der Waals surface area contributed by atoms with Crippen molar-refractivity contribution in [3.63, 3.8) is 0 Å². The number of H-pyrrole nitrogens is 1. The number of hydrogen-bond donors (Lipinski definition) is 1. The smallest absolute Gasteiger partial charge is 0.248 e. The maximum atomic E-state index is 11.1. The minimum absolute atomic E-state index is 0.210. The number of halogens is 1. The molecule has 0 aliphatic rings. The molecule has 1 N–H and O–H groups in total. The third-order valence-electron chi connectivity index (χ3n) is 2.00. The van der Waals surface area contributed by atoms with E-state index < -0.39 is 0 Å². The standard InChI is InChI=1S/C10H6BrNO2/c11-8-3-1-6(5-13)10-7(8)2-4-9(14)12-10/h1-5H,(H,12,14). The van der Waals surface area contributed by atoms with Crippen LogP contribution in [0.1, 0.15) is 10.4 Å². The SMILES string of the molecule is O=Cc1ccc(Br)c2ccc(=O)[nH]c12. The molecule has 0 radical (unpaired) electrons. The third-order valence-corrected chi connectivity index (χ3v) is 2.69. The Kier molecular flexibility index (Phi) is 2.21. The van der Waals surface area contributed by atoms with Gasteiger partial charge in [0.15, 0.2) is 6.29 Å². The average molecular weight is 252 g/mol. The van der Waals surface area contributed by atoms with Crippen LogP contribution in [0.3, 0.4) is 0 Å². The van der Waals surface area contributed by atoms with E-state index in [4.69, 9.17) is 0 Å². The van der Waals surface area contributed by atoms with Gasteiger partial charge in [-0.25, -0.2) is 0 Å². The first-order valence-corrected chi connectivity index (χ1v) is 4.78. The number of fused-ring (bicyclic) bond motifs is 1. The Morgan fingerprint density at radius 1 is 1.21 bits per heavy atom. The van der Waals surface area contributed by atoms with Gasteiger partial charge in [0, 0.05) is 21.5 Å². The topological polar surface area (TPSA) is 49.9 Å². The highest BCUT2D eigenvalue weighted by Gasteiger charge is 2.03. The second kappa shape index (κ2) is 3.38. The lowest BCUT2D eigenvalue weighted by molar-refractivity contribution is 0.112. The molecule has 0 saturated heterocycles. The van der Waals surface area contributed by atoms with Crippen molar-refractivity contribution in [3.05, 3.63) is 44.7 Å². The maximum absolute atomic E-state index is 11.1. The molecule has 2 aromatic rings. The van der Waals surface area contributed by atoms with Crippen LogP contribution in [-0.4, -0.2) is 11.3 Å². The van der Waals surface area contributed by atoms with Crippen molar-refractivity contribution < 1.29 is 4.79 Å². The van der Waals surface area contributed by atoms with Crippen LogP contribution in [-0.2, 0) is 0 Å². The monoisotopic (exact) mass is 251 g/mol. The summed E-state index contributed by atoms with van der Waals surface area (Å²) >= 11 is 3.35. The molecular formula is C10H6BrNO2. The number of carbonyl (C=O) groups is 1. The van der Waals surface area contributed by atoms with Crippen molar-refractivity contribution in [2.75, 3.05) is 0 Å². The number of carbonyl (C=O) groups excluding carboxylic acids is 1. The molecule has 0 bridgehead atoms. The lowest BCUT2D eigenvalue weighted by Crippen LogP contribution is -2.04. The van der Waals surface area contributed by atoms with Crippen LogP contribution in [0.15, 0.2) is 33.5 Å². The average Bonchev–Trinajstić information content (AvgIpc) is 2.18. The van der Waals surface area contributed by atoms with Gasteiger partial charge >= 0.3 is 0 Å². The van der Waals surface area contributed by atoms with Gasteiger partial charge in [-0.1, -0.05) is 15.9 Å². The highest BCUT2D eigenvalue weighted by atomic mass is 79.9. The normalized spacial score (nSPS) is 10.4. The molecule has 0 atom stereocenters. The Bertz CT molecular complexity index is 560. The summed E-state index contributed by atoms with van der Waals surface area (Å²) in [6.45, 7) is 0. The third kappa shape index (κ3) is 1.37. The van der Waals surface area contributed by atoms with Gasteiger partial charge in [-0.2, -0.15) is 0 Å². The fourth-order valence-corrected chi connectivity index (χ4v) is 1.80. The Morgan fingerprint density at radius 2 is 2.00 bits per heavy atom. The van der Waals surface area contributed by atoms with Gasteiger partial charge < -0.3 is 4.98 Å². The van der Waals surface area contributed by atoms with E-state index >= 15 is 0 Å². The number of rotatable bonds is 1. The zero-order valence-corrected chi connectivity index (χ0v) is 8.67. The summed E-state index contributed by atoms with van der Waals surface area (Å²) in [5.74, 6) is 0. The highest BCUT2D eigenvalue weighted by Crippen LogP contribution is 2.23. The minimum atomic E-state index is -0.210. The van der Waals surface area contributed by atoms with Crippen molar-refractivity contribution in [1.29, 1.82) is 0 Å². The molecular weight excluding hydrogens is 246 g/mol. The number of aldehydes is 1. The number of pyridine rings is 1. The van der Waals surface area contributed by atoms with Crippen molar-refractivity contribution in [3.8, 4) is 0 Å². The zero-order chi connectivity index (χ0) is 10.1. The molecule has 0 spiro atoms. The molecule has 3 nitrogen and oxygen atoms in total. The largest absolute Gasteiger partial charge is 0.321 e. The summed E-state index contributed by atoms with van der Waals surface area (Å²) in [6, 6.07) is 6.56. The van der Waals surface area contributed by atoms with Gasteiger partial charge in [0.2, 0.25) is 5.56 Å². The Balaban J connectivity index is 2.99. The lowest BCUT2D eigenvalue weighted by Gasteiger charge is -2.01. The van der Waals surface area contributed by atoms with Crippen LogP contribution < -0.4 is 5.56 Å². The molecule has 1 aromatic heterocycles. The number of aromatic nitrogens is 1. The molecule has 0 amide bonds. The van der Waals surface area contributed by atoms with Crippen molar-refractivity contribution in [2.24, 2.45) is 0 Å². The molecule has 0 unspecified atom stereocenters. The van der Waals surface area contributed by atoms with E-state index in [1.165, 1.54) is 6.07 Å². The second-order valence-electron chi connectivity index (χ2n) is 2.87. The van der Waals surface area contributed by atoms with Crippen LogP contribution >= 0.6 is 15.9 Å². The van der Waals surface area contributed by atoms with Crippen LogP contribution in [0.25, 0.3) is 10.9 Å². The fraction of sp³-hybridized carbons (Fsp3) is 0. The molecule has 0 saturated carbocycles. The number of nitrogens with one attached hydrogen (secondary N) is 1. The van der Waals surface area contributed by atoms with E-state index in [0.717, 1.165) is 16.1 Å². The van der Waals surface area contributed by atoms with Gasteiger partial charge in [-0.15, -0.1) is 0 Å². The maximum Gasteiger partial charge on any atom is 0.248 e. The molecule has 1 aromatic carbocycles. The van der Waals surface area contributed by atoms with Crippen molar-refractivity contribution in [2.45, 2.75) is 0 Å². The van der Waals surface area contributed by atoms with Crippen molar-refractivity contribution >= 4 is 33.1 Å². The summed E-state index contributed by atoms with van der Waals surface area (Å²) in [7, 11) is 0. The first-order valence-electron chi connectivity index (χ1n) is 3.99. The van der Waals surface area contributed by atoms with Crippen LogP contribution in [0, 0.1) is 0 Å². The summed E-state index contributed by atoms with van der Waals surface area (Å²) < 4.78 is 0.856. The lowest BCUT2D eigenvalue weighted by atomic mass is 10.1. The zero-order valence-electron chi connectivity index (χ0n) is 7.08. The second-order valence-corrected chi connectivity index (χ2v) is 3.72. The molecule has 0 aliphatic carbocycles. The van der Waals surface area contributed by atoms with E-state index in [0.29, 0.717) is 11.1 Å². The minimum Gasteiger partial charge on any atom is -0.321 e. The van der Waals surface area contributed by atoms with Gasteiger partial charge in [0.1, 0.15) is 0 Å². The van der Waals surface area contributed by atoms with E-state index in [1.54, 1.807) is 18.2 Å². The quantitative estimate of drug-likeness (QED) is 0.790. The molecule has 0 fully saturated rings. The molecule has 0 aliphatic heterocycles.